The number of ether oxygens (including phenoxy) is 1. The van der Waals surface area contributed by atoms with E-state index in [-0.39, 0.29) is 23.3 Å². The highest BCUT2D eigenvalue weighted by Gasteiger charge is 2.62. The lowest BCUT2D eigenvalue weighted by Crippen LogP contribution is -2.75. The molecule has 0 saturated heterocycles. The third kappa shape index (κ3) is 4.04. The van der Waals surface area contributed by atoms with E-state index in [2.05, 4.69) is 5.32 Å². The molecule has 3 N–H and O–H groups in total. The van der Waals surface area contributed by atoms with Crippen molar-refractivity contribution in [1.29, 1.82) is 0 Å². The molecule has 6 nitrogen and oxygen atoms in total. The van der Waals surface area contributed by atoms with Crippen LogP contribution in [0.25, 0.3) is 0 Å². The van der Waals surface area contributed by atoms with Crippen LogP contribution < -0.4 is 11.1 Å². The van der Waals surface area contributed by atoms with E-state index in [9.17, 15) is 9.59 Å². The molecule has 0 aromatic carbocycles. The van der Waals surface area contributed by atoms with Gasteiger partial charge in [-0.25, -0.2) is 0 Å². The quantitative estimate of drug-likeness (QED) is 0.625. The maximum atomic E-state index is 12.4. The Labute approximate surface area is 140 Å². The summed E-state index contributed by atoms with van der Waals surface area (Å²) in [6.45, 7) is 12.4. The van der Waals surface area contributed by atoms with E-state index < -0.39 is 5.54 Å². The minimum absolute atomic E-state index is 0.0208. The maximum Gasteiger partial charge on any atom is 0.240 e. The van der Waals surface area contributed by atoms with Gasteiger partial charge < -0.3 is 20.7 Å². The monoisotopic (exact) mass is 327 g/mol. The molecule has 1 saturated carbocycles. The number of hydrogen-bond acceptors (Lipinski definition) is 4. The average Bonchev–Trinajstić information content (AvgIpc) is 2.52. The van der Waals surface area contributed by atoms with E-state index in [1.165, 1.54) is 0 Å². The van der Waals surface area contributed by atoms with Crippen LogP contribution in [-0.2, 0) is 14.3 Å². The van der Waals surface area contributed by atoms with Crippen molar-refractivity contribution in [2.24, 2.45) is 11.1 Å². The van der Waals surface area contributed by atoms with Gasteiger partial charge in [0.05, 0.1) is 6.10 Å². The third-order valence-corrected chi connectivity index (χ3v) is 5.20. The second-order valence-corrected chi connectivity index (χ2v) is 6.77. The van der Waals surface area contributed by atoms with Crippen LogP contribution in [0.3, 0.4) is 0 Å². The molecule has 0 aromatic heterocycles. The predicted molar refractivity (Wildman–Crippen MR) is 90.9 cm³/mol. The van der Waals surface area contributed by atoms with Crippen molar-refractivity contribution in [3.05, 3.63) is 0 Å². The molecule has 134 valence electrons. The average molecular weight is 327 g/mol. The number of amides is 2. The van der Waals surface area contributed by atoms with Crippen LogP contribution in [0.4, 0.5) is 0 Å². The van der Waals surface area contributed by atoms with Gasteiger partial charge in [0.25, 0.3) is 0 Å². The fraction of sp³-hybridized carbons (Fsp3) is 0.882. The molecule has 0 spiro atoms. The standard InChI is InChI=1S/C17H33N3O3/c1-6-20(7-2)14(21)10-9-11-19-15(22)17(18)12-13(23-8-3)16(17,4)5/h13H,6-12,18H2,1-5H3,(H,19,22). The molecule has 1 aliphatic rings. The zero-order valence-electron chi connectivity index (χ0n) is 15.3. The smallest absolute Gasteiger partial charge is 0.240 e. The van der Waals surface area contributed by atoms with Gasteiger partial charge >= 0.3 is 0 Å². The Bertz CT molecular complexity index is 421. The Balaban J connectivity index is 2.39. The first-order chi connectivity index (χ1) is 10.7. The van der Waals surface area contributed by atoms with E-state index in [0.717, 1.165) is 13.1 Å². The number of carbonyl (C=O) groups excluding carboxylic acids is 2. The molecular weight excluding hydrogens is 294 g/mol. The minimum atomic E-state index is -0.893. The maximum absolute atomic E-state index is 12.4. The number of nitrogens with one attached hydrogen (secondary N) is 1. The van der Waals surface area contributed by atoms with Crippen molar-refractivity contribution in [2.45, 2.75) is 65.5 Å². The van der Waals surface area contributed by atoms with Crippen molar-refractivity contribution in [3.8, 4) is 0 Å². The largest absolute Gasteiger partial charge is 0.378 e. The van der Waals surface area contributed by atoms with Crippen molar-refractivity contribution in [3.63, 3.8) is 0 Å². The molecule has 23 heavy (non-hydrogen) atoms. The van der Waals surface area contributed by atoms with Crippen molar-refractivity contribution < 1.29 is 14.3 Å². The van der Waals surface area contributed by atoms with E-state index in [1.807, 2.05) is 34.6 Å². The van der Waals surface area contributed by atoms with Gasteiger partial charge in [-0.3, -0.25) is 9.59 Å². The second-order valence-electron chi connectivity index (χ2n) is 6.77. The molecule has 1 fully saturated rings. The lowest BCUT2D eigenvalue weighted by atomic mass is 9.54. The van der Waals surface area contributed by atoms with Crippen LogP contribution in [0.1, 0.15) is 53.9 Å². The molecule has 0 aliphatic heterocycles. The van der Waals surface area contributed by atoms with Crippen LogP contribution in [0.15, 0.2) is 0 Å². The molecule has 0 bridgehead atoms. The van der Waals surface area contributed by atoms with Gasteiger partial charge in [-0.05, 0) is 27.2 Å². The molecule has 2 unspecified atom stereocenters. The van der Waals surface area contributed by atoms with Gasteiger partial charge in [0.15, 0.2) is 0 Å². The molecule has 0 aromatic rings. The van der Waals surface area contributed by atoms with Gasteiger partial charge in [0.1, 0.15) is 5.54 Å². The highest BCUT2D eigenvalue weighted by molar-refractivity contribution is 5.88. The molecule has 6 heteroatoms. The molecule has 1 rings (SSSR count). The summed E-state index contributed by atoms with van der Waals surface area (Å²) < 4.78 is 5.64. The van der Waals surface area contributed by atoms with E-state index >= 15 is 0 Å². The van der Waals surface area contributed by atoms with Gasteiger partial charge in [0, 0.05) is 44.5 Å². The van der Waals surface area contributed by atoms with Crippen LogP contribution in [0, 0.1) is 5.41 Å². The van der Waals surface area contributed by atoms with Crippen LogP contribution >= 0.6 is 0 Å². The Kier molecular flexibility index (Phi) is 7.02. The summed E-state index contributed by atoms with van der Waals surface area (Å²) in [5.74, 6) is -0.0131. The third-order valence-electron chi connectivity index (χ3n) is 5.20. The van der Waals surface area contributed by atoms with Crippen LogP contribution in [-0.4, -0.2) is 54.6 Å². The highest BCUT2D eigenvalue weighted by Crippen LogP contribution is 2.49. The second kappa shape index (κ2) is 8.11. The number of hydrogen-bond donors (Lipinski definition) is 2. The van der Waals surface area contributed by atoms with Crippen LogP contribution in [0.5, 0.6) is 0 Å². The Hall–Kier alpha value is -1.14. The lowest BCUT2D eigenvalue weighted by molar-refractivity contribution is -0.170. The summed E-state index contributed by atoms with van der Waals surface area (Å²) in [6, 6.07) is 0. The van der Waals surface area contributed by atoms with Gasteiger partial charge in [-0.15, -0.1) is 0 Å². The number of rotatable bonds is 9. The highest BCUT2D eigenvalue weighted by atomic mass is 16.5. The molecule has 0 heterocycles. The molecule has 2 atom stereocenters. The summed E-state index contributed by atoms with van der Waals surface area (Å²) in [7, 11) is 0. The summed E-state index contributed by atoms with van der Waals surface area (Å²) in [5, 5.41) is 2.88. The Morgan fingerprint density at radius 2 is 1.87 bits per heavy atom. The first-order valence-electron chi connectivity index (χ1n) is 8.71. The zero-order chi connectivity index (χ0) is 17.7. The number of nitrogens with two attached hydrogens (primary N) is 1. The SMILES string of the molecule is CCOC1CC(N)(C(=O)NCCCC(=O)N(CC)CC)C1(C)C. The normalized spacial score (nSPS) is 25.6. The van der Waals surface area contributed by atoms with Crippen LogP contribution in [0.2, 0.25) is 0 Å². The van der Waals surface area contributed by atoms with Crippen molar-refractivity contribution >= 4 is 11.8 Å². The molecular formula is C17H33N3O3. The summed E-state index contributed by atoms with van der Waals surface area (Å²) >= 11 is 0. The Morgan fingerprint density at radius 3 is 2.35 bits per heavy atom. The summed E-state index contributed by atoms with van der Waals surface area (Å²) in [6.07, 6.45) is 1.64. The minimum Gasteiger partial charge on any atom is -0.378 e. The van der Waals surface area contributed by atoms with Gasteiger partial charge in [0.2, 0.25) is 11.8 Å². The lowest BCUT2D eigenvalue weighted by Gasteiger charge is -2.57. The molecule has 1 aliphatic carbocycles. The summed E-state index contributed by atoms with van der Waals surface area (Å²) in [4.78, 5) is 26.1. The fourth-order valence-corrected chi connectivity index (χ4v) is 3.15. The number of carbonyl (C=O) groups is 2. The molecule has 2 amide bonds. The summed E-state index contributed by atoms with van der Waals surface area (Å²) in [5.41, 5.74) is 5.03. The first-order valence-corrected chi connectivity index (χ1v) is 8.71. The number of nitrogens with zero attached hydrogens (tertiary/aromatic N) is 1. The zero-order valence-corrected chi connectivity index (χ0v) is 15.3. The van der Waals surface area contributed by atoms with E-state index in [1.54, 1.807) is 4.90 Å². The fourth-order valence-electron chi connectivity index (χ4n) is 3.15. The van der Waals surface area contributed by atoms with E-state index in [0.29, 0.717) is 32.4 Å². The molecule has 0 radical (unpaired) electrons. The van der Waals surface area contributed by atoms with Gasteiger partial charge in [-0.2, -0.15) is 0 Å². The topological polar surface area (TPSA) is 84.7 Å². The predicted octanol–water partition coefficient (Wildman–Crippen LogP) is 1.28. The first kappa shape index (κ1) is 19.9. The van der Waals surface area contributed by atoms with Gasteiger partial charge in [-0.1, -0.05) is 13.8 Å². The van der Waals surface area contributed by atoms with E-state index in [4.69, 9.17) is 10.5 Å². The van der Waals surface area contributed by atoms with Crippen molar-refractivity contribution in [1.82, 2.24) is 10.2 Å². The Morgan fingerprint density at radius 1 is 1.26 bits per heavy atom. The van der Waals surface area contributed by atoms with Crippen molar-refractivity contribution in [2.75, 3.05) is 26.2 Å².